The molecule has 0 unspecified atom stereocenters. The largest absolute Gasteiger partial charge is 0.406 e. The number of hydrogen-bond donors (Lipinski definition) is 1. The molecule has 160 valence electrons. The fourth-order valence-electron chi connectivity index (χ4n) is 3.24. The van der Waals surface area contributed by atoms with Crippen molar-refractivity contribution in [2.45, 2.75) is 39.7 Å². The van der Waals surface area contributed by atoms with Crippen LogP contribution in [0.3, 0.4) is 0 Å². The van der Waals surface area contributed by atoms with Gasteiger partial charge in [0.2, 0.25) is 0 Å². The Labute approximate surface area is 173 Å². The number of aryl methyl sites for hydroxylation is 1. The molecule has 0 spiro atoms. The van der Waals surface area contributed by atoms with Gasteiger partial charge in [0.1, 0.15) is 11.4 Å². The summed E-state index contributed by atoms with van der Waals surface area (Å²) in [4.78, 5) is 28.6. The molecular weight excluding hydrogens is 429 g/mol. The Morgan fingerprint density at radius 1 is 1.28 bits per heavy atom. The fourth-order valence-corrected chi connectivity index (χ4v) is 4.83. The minimum atomic E-state index is -4.69. The van der Waals surface area contributed by atoms with Gasteiger partial charge in [0.25, 0.3) is 5.56 Å². The van der Waals surface area contributed by atoms with Crippen LogP contribution >= 0.6 is 23.6 Å². The Morgan fingerprint density at radius 2 is 2.00 bits per heavy atom. The Morgan fingerprint density at radius 3 is 2.59 bits per heavy atom. The van der Waals surface area contributed by atoms with E-state index in [2.05, 4.69) is 5.32 Å². The first-order valence-corrected chi connectivity index (χ1v) is 10.3. The summed E-state index contributed by atoms with van der Waals surface area (Å²) in [7, 11) is 0. The standard InChI is InChI=1S/C17H21F3N4O3S2/c1-3-27-7-6-23-14-12(13(25)24(16(23)26)9-17(18,19)20)10(2)11(29-14)8-22-5-4-21-15(22)28/h3-9H2,1-2H3,(H,21,28). The normalized spacial score (nSPS) is 14.8. The molecule has 3 heterocycles. The van der Waals surface area contributed by atoms with Gasteiger partial charge in [-0.1, -0.05) is 0 Å². The molecule has 1 fully saturated rings. The van der Waals surface area contributed by atoms with Crippen LogP contribution in [-0.4, -0.2) is 51.6 Å². The van der Waals surface area contributed by atoms with E-state index in [-0.39, 0.29) is 23.1 Å². The lowest BCUT2D eigenvalue weighted by molar-refractivity contribution is -0.141. The number of hydrogen-bond acceptors (Lipinski definition) is 5. The fraction of sp³-hybridized carbons (Fsp3) is 0.588. The number of thiophene rings is 1. The van der Waals surface area contributed by atoms with E-state index in [0.29, 0.717) is 41.7 Å². The van der Waals surface area contributed by atoms with Gasteiger partial charge in [0, 0.05) is 24.6 Å². The summed E-state index contributed by atoms with van der Waals surface area (Å²) in [5.41, 5.74) is -1.33. The quantitative estimate of drug-likeness (QED) is 0.513. The van der Waals surface area contributed by atoms with E-state index in [1.54, 1.807) is 13.8 Å². The number of fused-ring (bicyclic) bond motifs is 1. The van der Waals surface area contributed by atoms with Crippen LogP contribution in [0, 0.1) is 6.92 Å². The van der Waals surface area contributed by atoms with E-state index in [1.165, 1.54) is 15.9 Å². The highest BCUT2D eigenvalue weighted by atomic mass is 32.1. The number of halogens is 3. The first kappa shape index (κ1) is 21.8. The molecule has 0 aliphatic carbocycles. The van der Waals surface area contributed by atoms with E-state index in [0.717, 1.165) is 4.88 Å². The van der Waals surface area contributed by atoms with Crippen LogP contribution in [0.2, 0.25) is 0 Å². The molecule has 0 radical (unpaired) electrons. The van der Waals surface area contributed by atoms with Crippen molar-refractivity contribution in [1.82, 2.24) is 19.4 Å². The zero-order chi connectivity index (χ0) is 21.3. The number of rotatable bonds is 7. The Hall–Kier alpha value is -1.92. The highest BCUT2D eigenvalue weighted by Crippen LogP contribution is 2.29. The lowest BCUT2D eigenvalue weighted by Gasteiger charge is -2.15. The van der Waals surface area contributed by atoms with Crippen LogP contribution in [-0.2, 0) is 24.4 Å². The second kappa shape index (κ2) is 8.44. The molecule has 3 rings (SSSR count). The topological polar surface area (TPSA) is 68.5 Å². The van der Waals surface area contributed by atoms with Crippen LogP contribution in [0.1, 0.15) is 17.4 Å². The van der Waals surface area contributed by atoms with Crippen LogP contribution in [0.4, 0.5) is 13.2 Å². The average Bonchev–Trinajstić information content (AvgIpc) is 3.18. The lowest BCUT2D eigenvalue weighted by Crippen LogP contribution is -2.43. The number of thiocarbonyl (C=S) groups is 1. The van der Waals surface area contributed by atoms with Crippen molar-refractivity contribution in [3.05, 3.63) is 31.3 Å². The highest BCUT2D eigenvalue weighted by Gasteiger charge is 2.32. The minimum Gasteiger partial charge on any atom is -0.380 e. The summed E-state index contributed by atoms with van der Waals surface area (Å²) in [5, 5.41) is 3.77. The van der Waals surface area contributed by atoms with Gasteiger partial charge in [-0.3, -0.25) is 13.9 Å². The molecule has 2 aromatic rings. The third-order valence-corrected chi connectivity index (χ3v) is 6.38. The minimum absolute atomic E-state index is 0.0599. The van der Waals surface area contributed by atoms with Crippen molar-refractivity contribution in [3.63, 3.8) is 0 Å². The predicted octanol–water partition coefficient (Wildman–Crippen LogP) is 1.82. The van der Waals surface area contributed by atoms with E-state index in [9.17, 15) is 22.8 Å². The maximum absolute atomic E-state index is 13.0. The highest BCUT2D eigenvalue weighted by molar-refractivity contribution is 7.80. The van der Waals surface area contributed by atoms with E-state index < -0.39 is 24.0 Å². The first-order chi connectivity index (χ1) is 13.6. The average molecular weight is 451 g/mol. The lowest BCUT2D eigenvalue weighted by atomic mass is 10.2. The molecule has 1 saturated heterocycles. The summed E-state index contributed by atoms with van der Waals surface area (Å²) in [5.74, 6) is 0. The van der Waals surface area contributed by atoms with E-state index in [4.69, 9.17) is 17.0 Å². The molecule has 7 nitrogen and oxygen atoms in total. The van der Waals surface area contributed by atoms with Crippen molar-refractivity contribution in [2.75, 3.05) is 26.3 Å². The SMILES string of the molecule is CCOCCn1c(=O)n(CC(F)(F)F)c(=O)c2c(C)c(CN3CCNC3=S)sc21. The molecule has 1 aliphatic rings. The second-order valence-corrected chi connectivity index (χ2v) is 8.09. The smallest absolute Gasteiger partial charge is 0.380 e. The van der Waals surface area contributed by atoms with Crippen molar-refractivity contribution in [1.29, 1.82) is 0 Å². The number of alkyl halides is 3. The van der Waals surface area contributed by atoms with Crippen LogP contribution in [0.15, 0.2) is 9.59 Å². The molecule has 1 aliphatic heterocycles. The van der Waals surface area contributed by atoms with Gasteiger partial charge in [-0.15, -0.1) is 11.3 Å². The van der Waals surface area contributed by atoms with Gasteiger partial charge in [0.15, 0.2) is 5.11 Å². The summed E-state index contributed by atoms with van der Waals surface area (Å²) < 4.78 is 45.7. The molecule has 1 N–H and O–H groups in total. The van der Waals surface area contributed by atoms with Crippen LogP contribution in [0.5, 0.6) is 0 Å². The number of ether oxygens (including phenoxy) is 1. The predicted molar refractivity (Wildman–Crippen MR) is 109 cm³/mol. The Balaban J connectivity index is 2.16. The first-order valence-electron chi connectivity index (χ1n) is 9.07. The van der Waals surface area contributed by atoms with Gasteiger partial charge >= 0.3 is 11.9 Å². The van der Waals surface area contributed by atoms with Gasteiger partial charge in [-0.25, -0.2) is 4.79 Å². The summed E-state index contributed by atoms with van der Waals surface area (Å²) >= 11 is 6.48. The third kappa shape index (κ3) is 4.48. The molecule has 12 heteroatoms. The second-order valence-electron chi connectivity index (χ2n) is 6.62. The Bertz CT molecular complexity index is 1040. The van der Waals surface area contributed by atoms with Gasteiger partial charge in [0.05, 0.1) is 25.1 Å². The van der Waals surface area contributed by atoms with E-state index >= 15 is 0 Å². The summed E-state index contributed by atoms with van der Waals surface area (Å²) in [6, 6.07) is 0. The molecule has 2 aromatic heterocycles. The number of nitrogens with zero attached hydrogens (tertiary/aromatic N) is 3. The van der Waals surface area contributed by atoms with Gasteiger partial charge in [-0.05, 0) is 31.6 Å². The van der Waals surface area contributed by atoms with Crippen molar-refractivity contribution in [3.8, 4) is 0 Å². The Kier molecular flexibility index (Phi) is 6.34. The molecule has 0 aromatic carbocycles. The molecule has 0 atom stereocenters. The maximum Gasteiger partial charge on any atom is 0.406 e. The van der Waals surface area contributed by atoms with Gasteiger partial charge in [-0.2, -0.15) is 13.2 Å². The third-order valence-electron chi connectivity index (χ3n) is 4.67. The molecule has 0 saturated carbocycles. The van der Waals surface area contributed by atoms with Crippen LogP contribution < -0.4 is 16.6 Å². The zero-order valence-electron chi connectivity index (χ0n) is 16.0. The van der Waals surface area contributed by atoms with Gasteiger partial charge < -0.3 is 15.0 Å². The molecular formula is C17H21F3N4O3S2. The summed E-state index contributed by atoms with van der Waals surface area (Å²) in [6.07, 6.45) is -4.69. The van der Waals surface area contributed by atoms with Crippen molar-refractivity contribution in [2.24, 2.45) is 0 Å². The monoisotopic (exact) mass is 450 g/mol. The van der Waals surface area contributed by atoms with Crippen LogP contribution in [0.25, 0.3) is 10.2 Å². The summed E-state index contributed by atoms with van der Waals surface area (Å²) in [6.45, 7) is 4.30. The maximum atomic E-state index is 13.0. The van der Waals surface area contributed by atoms with Crippen molar-refractivity contribution >= 4 is 38.9 Å². The van der Waals surface area contributed by atoms with E-state index in [1.807, 2.05) is 4.90 Å². The van der Waals surface area contributed by atoms with Crippen molar-refractivity contribution < 1.29 is 17.9 Å². The zero-order valence-corrected chi connectivity index (χ0v) is 17.6. The molecule has 0 bridgehead atoms. The number of aromatic nitrogens is 2. The molecule has 29 heavy (non-hydrogen) atoms. The number of nitrogens with one attached hydrogen (secondary N) is 1. The molecule has 0 amide bonds.